The minimum absolute atomic E-state index is 0.196. The third kappa shape index (κ3) is 6.22. The normalized spacial score (nSPS) is 10.6. The second kappa shape index (κ2) is 10.6. The van der Waals surface area contributed by atoms with Crippen molar-refractivity contribution in [3.63, 3.8) is 0 Å². The van der Waals surface area contributed by atoms with Crippen molar-refractivity contribution in [3.8, 4) is 5.75 Å². The van der Waals surface area contributed by atoms with Crippen LogP contribution in [0.3, 0.4) is 0 Å². The molecule has 0 fully saturated rings. The molecule has 0 bridgehead atoms. The summed E-state index contributed by atoms with van der Waals surface area (Å²) in [6, 6.07) is 17.2. The van der Waals surface area contributed by atoms with Crippen molar-refractivity contribution >= 4 is 57.9 Å². The maximum Gasteiger partial charge on any atom is 0.353 e. The van der Waals surface area contributed by atoms with Crippen LogP contribution in [0.15, 0.2) is 71.1 Å². The second-order valence-electron chi connectivity index (χ2n) is 5.89. The number of carbonyl (C=O) groups excluding carboxylic acids is 3. The lowest BCUT2D eigenvalue weighted by Crippen LogP contribution is -2.35. The molecule has 0 spiro atoms. The number of carbonyl (C=O) groups is 3. The van der Waals surface area contributed by atoms with Crippen molar-refractivity contribution in [1.29, 1.82) is 0 Å². The number of amides is 2. The third-order valence-corrected chi connectivity index (χ3v) is 5.53. The van der Waals surface area contributed by atoms with E-state index in [2.05, 4.69) is 38.4 Å². The SMILES string of the molecule is O=C(CNC(=O)c1ccccc1I)NN=Cc1ccc(OC(=O)c2cccs2)cc1. The Kier molecular flexibility index (Phi) is 7.69. The quantitative estimate of drug-likeness (QED) is 0.160. The van der Waals surface area contributed by atoms with Crippen LogP contribution in [0, 0.1) is 3.57 Å². The summed E-state index contributed by atoms with van der Waals surface area (Å²) in [4.78, 5) is 36.4. The van der Waals surface area contributed by atoms with Crippen LogP contribution < -0.4 is 15.5 Å². The van der Waals surface area contributed by atoms with E-state index in [1.54, 1.807) is 53.9 Å². The highest BCUT2D eigenvalue weighted by atomic mass is 127. The van der Waals surface area contributed by atoms with Crippen LogP contribution in [0.5, 0.6) is 5.75 Å². The number of nitrogens with zero attached hydrogens (tertiary/aromatic N) is 1. The van der Waals surface area contributed by atoms with Crippen LogP contribution in [0.1, 0.15) is 25.6 Å². The Morgan fingerprint density at radius 1 is 1.03 bits per heavy atom. The van der Waals surface area contributed by atoms with E-state index in [-0.39, 0.29) is 12.5 Å². The predicted octanol–water partition coefficient (Wildman–Crippen LogP) is 3.45. The Morgan fingerprint density at radius 3 is 2.50 bits per heavy atom. The molecule has 0 aliphatic heterocycles. The van der Waals surface area contributed by atoms with Crippen LogP contribution in [-0.2, 0) is 4.79 Å². The molecular weight excluding hydrogens is 517 g/mol. The fourth-order valence-electron chi connectivity index (χ4n) is 2.29. The third-order valence-electron chi connectivity index (χ3n) is 3.74. The van der Waals surface area contributed by atoms with Gasteiger partial charge in [-0.25, -0.2) is 10.2 Å². The van der Waals surface area contributed by atoms with E-state index in [1.165, 1.54) is 17.6 Å². The number of esters is 1. The molecule has 0 saturated carbocycles. The zero-order valence-corrected chi connectivity index (χ0v) is 18.5. The number of hydrogen-bond donors (Lipinski definition) is 2. The van der Waals surface area contributed by atoms with Gasteiger partial charge in [-0.3, -0.25) is 9.59 Å². The molecule has 7 nitrogen and oxygen atoms in total. The summed E-state index contributed by atoms with van der Waals surface area (Å²) in [5.41, 5.74) is 3.56. The summed E-state index contributed by atoms with van der Waals surface area (Å²) < 4.78 is 6.07. The fraction of sp³-hybridized carbons (Fsp3) is 0.0476. The molecule has 2 aromatic carbocycles. The highest BCUT2D eigenvalue weighted by molar-refractivity contribution is 14.1. The summed E-state index contributed by atoms with van der Waals surface area (Å²) in [7, 11) is 0. The van der Waals surface area contributed by atoms with Gasteiger partial charge in [-0.05, 0) is 76.0 Å². The standard InChI is InChI=1S/C21H16IN3O4S/c22-17-5-2-1-4-16(17)20(27)23-13-19(26)25-24-12-14-7-9-15(10-8-14)29-21(28)18-6-3-11-30-18/h1-12H,13H2,(H,23,27)(H,25,26). The number of benzene rings is 2. The maximum absolute atomic E-state index is 12.1. The minimum atomic E-state index is -0.452. The summed E-state index contributed by atoms with van der Waals surface area (Å²) in [5, 5.41) is 8.21. The van der Waals surface area contributed by atoms with E-state index in [4.69, 9.17) is 4.74 Å². The molecular formula is C21H16IN3O4S. The molecule has 0 aliphatic rings. The molecule has 1 heterocycles. The zero-order chi connectivity index (χ0) is 21.3. The monoisotopic (exact) mass is 533 g/mol. The number of ether oxygens (including phenoxy) is 1. The molecule has 30 heavy (non-hydrogen) atoms. The van der Waals surface area contributed by atoms with Crippen molar-refractivity contribution in [1.82, 2.24) is 10.7 Å². The lowest BCUT2D eigenvalue weighted by Gasteiger charge is -2.06. The molecule has 152 valence electrons. The molecule has 0 radical (unpaired) electrons. The lowest BCUT2D eigenvalue weighted by atomic mass is 10.2. The molecule has 2 amide bonds. The van der Waals surface area contributed by atoms with Gasteiger partial charge in [0.1, 0.15) is 10.6 Å². The molecule has 0 atom stereocenters. The van der Waals surface area contributed by atoms with Gasteiger partial charge in [-0.1, -0.05) is 18.2 Å². The summed E-state index contributed by atoms with van der Waals surface area (Å²) in [5.74, 6) is -0.780. The number of rotatable bonds is 7. The van der Waals surface area contributed by atoms with Crippen molar-refractivity contribution in [2.75, 3.05) is 6.54 Å². The molecule has 2 N–H and O–H groups in total. The molecule has 0 aliphatic carbocycles. The first-order chi connectivity index (χ1) is 14.5. The van der Waals surface area contributed by atoms with E-state index < -0.39 is 11.9 Å². The first-order valence-electron chi connectivity index (χ1n) is 8.73. The topological polar surface area (TPSA) is 96.9 Å². The van der Waals surface area contributed by atoms with Crippen LogP contribution in [0.4, 0.5) is 0 Å². The van der Waals surface area contributed by atoms with E-state index in [1.807, 2.05) is 12.1 Å². The Balaban J connectivity index is 1.44. The molecule has 0 unspecified atom stereocenters. The Hall–Kier alpha value is -3.05. The summed E-state index contributed by atoms with van der Waals surface area (Å²) in [6.45, 7) is -0.196. The number of nitrogens with one attached hydrogen (secondary N) is 2. The van der Waals surface area contributed by atoms with Crippen LogP contribution in [-0.4, -0.2) is 30.5 Å². The number of thiophene rings is 1. The Morgan fingerprint density at radius 2 is 1.80 bits per heavy atom. The summed E-state index contributed by atoms with van der Waals surface area (Å²) in [6.07, 6.45) is 1.45. The van der Waals surface area contributed by atoms with Gasteiger partial charge in [-0.15, -0.1) is 11.3 Å². The number of hydrogen-bond acceptors (Lipinski definition) is 6. The Labute approximate surface area is 190 Å². The van der Waals surface area contributed by atoms with Crippen LogP contribution in [0.2, 0.25) is 0 Å². The van der Waals surface area contributed by atoms with Crippen molar-refractivity contribution < 1.29 is 19.1 Å². The maximum atomic E-state index is 12.1. The molecule has 3 aromatic rings. The Bertz CT molecular complexity index is 1070. The van der Waals surface area contributed by atoms with Crippen molar-refractivity contribution in [3.05, 3.63) is 85.6 Å². The average Bonchev–Trinajstić information content (AvgIpc) is 3.29. The van der Waals surface area contributed by atoms with E-state index in [0.29, 0.717) is 21.8 Å². The number of hydrazone groups is 1. The van der Waals surface area contributed by atoms with Gasteiger partial charge in [0.25, 0.3) is 11.8 Å². The van der Waals surface area contributed by atoms with Gasteiger partial charge in [0, 0.05) is 3.57 Å². The van der Waals surface area contributed by atoms with Crippen molar-refractivity contribution in [2.45, 2.75) is 0 Å². The van der Waals surface area contributed by atoms with Crippen LogP contribution >= 0.6 is 33.9 Å². The number of halogens is 1. The van der Waals surface area contributed by atoms with Gasteiger partial charge in [-0.2, -0.15) is 5.10 Å². The predicted molar refractivity (Wildman–Crippen MR) is 123 cm³/mol. The van der Waals surface area contributed by atoms with E-state index >= 15 is 0 Å². The van der Waals surface area contributed by atoms with Gasteiger partial charge in [0.05, 0.1) is 18.3 Å². The van der Waals surface area contributed by atoms with Gasteiger partial charge < -0.3 is 10.1 Å². The largest absolute Gasteiger partial charge is 0.422 e. The smallest absolute Gasteiger partial charge is 0.353 e. The zero-order valence-electron chi connectivity index (χ0n) is 15.5. The highest BCUT2D eigenvalue weighted by Gasteiger charge is 2.10. The van der Waals surface area contributed by atoms with Crippen LogP contribution in [0.25, 0.3) is 0 Å². The van der Waals surface area contributed by atoms with E-state index in [9.17, 15) is 14.4 Å². The first kappa shape index (κ1) is 21.7. The highest BCUT2D eigenvalue weighted by Crippen LogP contribution is 2.16. The fourth-order valence-corrected chi connectivity index (χ4v) is 3.52. The molecule has 0 saturated heterocycles. The lowest BCUT2D eigenvalue weighted by molar-refractivity contribution is -0.120. The van der Waals surface area contributed by atoms with E-state index in [0.717, 1.165) is 3.57 Å². The second-order valence-corrected chi connectivity index (χ2v) is 8.00. The first-order valence-corrected chi connectivity index (χ1v) is 10.7. The molecule has 1 aromatic heterocycles. The van der Waals surface area contributed by atoms with Gasteiger partial charge in [0.15, 0.2) is 0 Å². The van der Waals surface area contributed by atoms with Crippen molar-refractivity contribution in [2.24, 2.45) is 5.10 Å². The molecule has 9 heteroatoms. The average molecular weight is 533 g/mol. The van der Waals surface area contributed by atoms with Gasteiger partial charge in [0.2, 0.25) is 0 Å². The summed E-state index contributed by atoms with van der Waals surface area (Å²) >= 11 is 3.37. The minimum Gasteiger partial charge on any atom is -0.422 e. The van der Waals surface area contributed by atoms with Gasteiger partial charge >= 0.3 is 5.97 Å². The molecule has 3 rings (SSSR count).